The van der Waals surface area contributed by atoms with E-state index in [1.165, 1.54) is 0 Å². The van der Waals surface area contributed by atoms with Crippen molar-refractivity contribution in [3.8, 4) is 17.6 Å². The molecule has 2 aromatic rings. The van der Waals surface area contributed by atoms with Crippen LogP contribution in [0.25, 0.3) is 0 Å². The maximum absolute atomic E-state index is 12.4. The Morgan fingerprint density at radius 1 is 1.00 bits per heavy atom. The third-order valence-corrected chi connectivity index (χ3v) is 5.04. The van der Waals surface area contributed by atoms with Gasteiger partial charge < -0.3 is 24.0 Å². The fourth-order valence-electron chi connectivity index (χ4n) is 3.21. The van der Waals surface area contributed by atoms with Gasteiger partial charge in [0.15, 0.2) is 12.7 Å². The molecule has 1 aliphatic heterocycles. The van der Waals surface area contributed by atoms with E-state index >= 15 is 0 Å². The second kappa shape index (κ2) is 10.3. The molecule has 31 heavy (non-hydrogen) atoms. The largest absolute Gasteiger partial charge is 0.497 e. The lowest BCUT2D eigenvalue weighted by Gasteiger charge is -2.36. The van der Waals surface area contributed by atoms with Gasteiger partial charge in [-0.05, 0) is 55.5 Å². The first kappa shape index (κ1) is 22.0. The number of esters is 1. The fraction of sp³-hybridized carbons (Fsp3) is 0.348. The van der Waals surface area contributed by atoms with Crippen molar-refractivity contribution in [2.24, 2.45) is 0 Å². The summed E-state index contributed by atoms with van der Waals surface area (Å²) in [5.41, 5.74) is 1.58. The van der Waals surface area contributed by atoms with Gasteiger partial charge in [0.25, 0.3) is 5.91 Å². The summed E-state index contributed by atoms with van der Waals surface area (Å²) >= 11 is 0. The lowest BCUT2D eigenvalue weighted by Crippen LogP contribution is -2.50. The van der Waals surface area contributed by atoms with Crippen LogP contribution in [0.1, 0.15) is 12.5 Å². The number of hydrogen-bond donors (Lipinski definition) is 0. The maximum atomic E-state index is 12.4. The number of nitriles is 1. The lowest BCUT2D eigenvalue weighted by molar-refractivity contribution is -0.157. The molecular weight excluding hydrogens is 398 g/mol. The highest BCUT2D eigenvalue weighted by molar-refractivity contribution is 5.82. The molecule has 162 valence electrons. The van der Waals surface area contributed by atoms with E-state index in [2.05, 4.69) is 4.90 Å². The molecule has 3 rings (SSSR count). The number of rotatable bonds is 7. The molecule has 8 heteroatoms. The van der Waals surface area contributed by atoms with Crippen molar-refractivity contribution >= 4 is 17.6 Å². The molecule has 1 aliphatic rings. The highest BCUT2D eigenvalue weighted by Gasteiger charge is 2.24. The third-order valence-electron chi connectivity index (χ3n) is 5.04. The Morgan fingerprint density at radius 2 is 1.61 bits per heavy atom. The minimum absolute atomic E-state index is 0.228. The standard InChI is InChI=1S/C23H25N3O5/c1-17(31-21-7-3-18(15-24)4-8-21)23(28)30-16-22(27)26-13-11-25(12-14-26)19-5-9-20(29-2)10-6-19/h3-10,17H,11-14,16H2,1-2H3/t17-/m0/s1. The van der Waals surface area contributed by atoms with Crippen LogP contribution in [0.5, 0.6) is 11.5 Å². The van der Waals surface area contributed by atoms with E-state index in [0.717, 1.165) is 11.4 Å². The Morgan fingerprint density at radius 3 is 2.19 bits per heavy atom. The first-order valence-electron chi connectivity index (χ1n) is 10.0. The van der Waals surface area contributed by atoms with Crippen LogP contribution in [0.15, 0.2) is 48.5 Å². The monoisotopic (exact) mass is 423 g/mol. The zero-order valence-corrected chi connectivity index (χ0v) is 17.6. The van der Waals surface area contributed by atoms with Gasteiger partial charge in [-0.1, -0.05) is 0 Å². The average Bonchev–Trinajstić information content (AvgIpc) is 2.83. The summed E-state index contributed by atoms with van der Waals surface area (Å²) in [7, 11) is 1.63. The van der Waals surface area contributed by atoms with E-state index in [1.807, 2.05) is 30.3 Å². The van der Waals surface area contributed by atoms with Gasteiger partial charge in [0.2, 0.25) is 0 Å². The van der Waals surface area contributed by atoms with Crippen LogP contribution in [0.4, 0.5) is 5.69 Å². The number of nitrogens with zero attached hydrogens (tertiary/aromatic N) is 3. The molecule has 1 atom stereocenters. The Balaban J connectivity index is 1.41. The van der Waals surface area contributed by atoms with Gasteiger partial charge in [-0.15, -0.1) is 0 Å². The lowest BCUT2D eigenvalue weighted by atomic mass is 10.2. The van der Waals surface area contributed by atoms with E-state index in [0.29, 0.717) is 37.5 Å². The highest BCUT2D eigenvalue weighted by atomic mass is 16.6. The molecule has 1 amide bonds. The molecular formula is C23H25N3O5. The highest BCUT2D eigenvalue weighted by Crippen LogP contribution is 2.20. The zero-order chi connectivity index (χ0) is 22.2. The van der Waals surface area contributed by atoms with Crippen LogP contribution in [-0.4, -0.2) is 62.8 Å². The maximum Gasteiger partial charge on any atom is 0.347 e. The average molecular weight is 423 g/mol. The molecule has 0 bridgehead atoms. The predicted molar refractivity (Wildman–Crippen MR) is 114 cm³/mol. The second-order valence-electron chi connectivity index (χ2n) is 7.07. The molecule has 0 spiro atoms. The summed E-state index contributed by atoms with van der Waals surface area (Å²) in [4.78, 5) is 28.5. The number of carbonyl (C=O) groups is 2. The van der Waals surface area contributed by atoms with Crippen molar-refractivity contribution in [1.29, 1.82) is 5.26 Å². The minimum Gasteiger partial charge on any atom is -0.497 e. The molecule has 0 unspecified atom stereocenters. The molecule has 0 N–H and O–H groups in total. The summed E-state index contributed by atoms with van der Waals surface area (Å²) in [5, 5.41) is 8.81. The summed E-state index contributed by atoms with van der Waals surface area (Å²) in [5.74, 6) is 0.407. The second-order valence-corrected chi connectivity index (χ2v) is 7.07. The molecule has 0 aliphatic carbocycles. The van der Waals surface area contributed by atoms with Gasteiger partial charge in [-0.3, -0.25) is 4.79 Å². The van der Waals surface area contributed by atoms with Crippen molar-refractivity contribution in [2.75, 3.05) is 44.8 Å². The van der Waals surface area contributed by atoms with E-state index < -0.39 is 12.1 Å². The first-order valence-corrected chi connectivity index (χ1v) is 10.0. The fourth-order valence-corrected chi connectivity index (χ4v) is 3.21. The van der Waals surface area contributed by atoms with E-state index in [1.54, 1.807) is 43.2 Å². The van der Waals surface area contributed by atoms with E-state index in [4.69, 9.17) is 19.5 Å². The molecule has 0 radical (unpaired) electrons. The molecule has 1 saturated heterocycles. The Bertz CT molecular complexity index is 929. The Hall–Kier alpha value is -3.73. The van der Waals surface area contributed by atoms with Gasteiger partial charge in [0.1, 0.15) is 11.5 Å². The topological polar surface area (TPSA) is 92.1 Å². The van der Waals surface area contributed by atoms with Crippen LogP contribution >= 0.6 is 0 Å². The van der Waals surface area contributed by atoms with Gasteiger partial charge >= 0.3 is 5.97 Å². The van der Waals surface area contributed by atoms with Crippen molar-refractivity contribution < 1.29 is 23.8 Å². The normalized spacial score (nSPS) is 14.4. The number of ether oxygens (including phenoxy) is 3. The number of amides is 1. The SMILES string of the molecule is COc1ccc(N2CCN(C(=O)COC(=O)[C@H](C)Oc3ccc(C#N)cc3)CC2)cc1. The van der Waals surface area contributed by atoms with Crippen LogP contribution in [0, 0.1) is 11.3 Å². The van der Waals surface area contributed by atoms with E-state index in [9.17, 15) is 9.59 Å². The molecule has 0 saturated carbocycles. The van der Waals surface area contributed by atoms with Crippen LogP contribution < -0.4 is 14.4 Å². The van der Waals surface area contributed by atoms with Gasteiger partial charge in [0.05, 0.1) is 18.7 Å². The summed E-state index contributed by atoms with van der Waals surface area (Å²) in [6.45, 7) is 3.74. The summed E-state index contributed by atoms with van der Waals surface area (Å²) in [6, 6.07) is 16.2. The molecule has 0 aromatic heterocycles. The van der Waals surface area contributed by atoms with Crippen molar-refractivity contribution in [1.82, 2.24) is 4.90 Å². The van der Waals surface area contributed by atoms with Gasteiger partial charge in [0, 0.05) is 31.9 Å². The van der Waals surface area contributed by atoms with Crippen molar-refractivity contribution in [3.05, 3.63) is 54.1 Å². The zero-order valence-electron chi connectivity index (χ0n) is 17.6. The minimum atomic E-state index is -0.868. The van der Waals surface area contributed by atoms with E-state index in [-0.39, 0.29) is 12.5 Å². The number of piperazine rings is 1. The van der Waals surface area contributed by atoms with Gasteiger partial charge in [-0.2, -0.15) is 5.26 Å². The quantitative estimate of drug-likeness (QED) is 0.631. The first-order chi connectivity index (χ1) is 15.0. The predicted octanol–water partition coefficient (Wildman–Crippen LogP) is 2.23. The van der Waals surface area contributed by atoms with Crippen molar-refractivity contribution in [3.63, 3.8) is 0 Å². The summed E-state index contributed by atoms with van der Waals surface area (Å²) < 4.78 is 15.8. The Kier molecular flexibility index (Phi) is 7.33. The number of benzene rings is 2. The van der Waals surface area contributed by atoms with Crippen LogP contribution in [0.2, 0.25) is 0 Å². The van der Waals surface area contributed by atoms with Crippen molar-refractivity contribution in [2.45, 2.75) is 13.0 Å². The number of hydrogen-bond acceptors (Lipinski definition) is 7. The molecule has 1 fully saturated rings. The molecule has 2 aromatic carbocycles. The summed E-state index contributed by atoms with van der Waals surface area (Å²) in [6.07, 6.45) is -0.868. The Labute approximate surface area is 181 Å². The number of anilines is 1. The van der Waals surface area contributed by atoms with Crippen LogP contribution in [-0.2, 0) is 14.3 Å². The smallest absolute Gasteiger partial charge is 0.347 e. The molecule has 8 nitrogen and oxygen atoms in total. The third kappa shape index (κ3) is 5.89. The molecule has 1 heterocycles. The van der Waals surface area contributed by atoms with Gasteiger partial charge in [-0.25, -0.2) is 4.79 Å². The number of methoxy groups -OCH3 is 1. The van der Waals surface area contributed by atoms with Crippen LogP contribution in [0.3, 0.4) is 0 Å². The number of carbonyl (C=O) groups excluding carboxylic acids is 2.